The highest BCUT2D eigenvalue weighted by Crippen LogP contribution is 2.29. The monoisotopic (exact) mass is 336 g/mol. The molecule has 2 aromatic carbocycles. The zero-order chi connectivity index (χ0) is 16.4. The summed E-state index contributed by atoms with van der Waals surface area (Å²) in [5.41, 5.74) is 8.90. The lowest BCUT2D eigenvalue weighted by Gasteiger charge is -2.00. The Morgan fingerprint density at radius 2 is 1.79 bits per heavy atom. The van der Waals surface area contributed by atoms with Crippen LogP contribution in [0.5, 0.6) is 0 Å². The summed E-state index contributed by atoms with van der Waals surface area (Å²) in [5, 5.41) is 9.02. The summed E-state index contributed by atoms with van der Waals surface area (Å²) in [5.74, 6) is 1.17. The van der Waals surface area contributed by atoms with E-state index < -0.39 is 0 Å². The van der Waals surface area contributed by atoms with E-state index in [4.69, 9.17) is 10.2 Å². The highest BCUT2D eigenvalue weighted by Gasteiger charge is 2.11. The van der Waals surface area contributed by atoms with E-state index in [1.807, 2.05) is 18.2 Å². The van der Waals surface area contributed by atoms with Crippen molar-refractivity contribution >= 4 is 21.6 Å². The van der Waals surface area contributed by atoms with Gasteiger partial charge in [0.15, 0.2) is 0 Å². The molecule has 2 aromatic heterocycles. The van der Waals surface area contributed by atoms with Crippen LogP contribution < -0.4 is 5.73 Å². The van der Waals surface area contributed by atoms with Crippen LogP contribution in [0.4, 0.5) is 0 Å². The highest BCUT2D eigenvalue weighted by molar-refractivity contribution is 7.18. The van der Waals surface area contributed by atoms with Crippen LogP contribution in [0.15, 0.2) is 52.9 Å². The fourth-order valence-corrected chi connectivity index (χ4v) is 3.57. The average Bonchev–Trinajstić information content (AvgIpc) is 3.21. The number of rotatable bonds is 5. The number of benzene rings is 2. The number of fused-ring (bicyclic) bond motifs is 1. The van der Waals surface area contributed by atoms with Crippen molar-refractivity contribution in [2.45, 2.75) is 12.8 Å². The molecule has 2 N–H and O–H groups in total. The fraction of sp³-hybridized carbons (Fsp3) is 0.167. The summed E-state index contributed by atoms with van der Waals surface area (Å²) in [7, 11) is 0. The SMILES string of the molecule is NCCc1nnc(Cc2nc3ccc(-c4ccccc4)cc3s2)o1. The molecule has 6 heteroatoms. The van der Waals surface area contributed by atoms with Crippen molar-refractivity contribution in [2.75, 3.05) is 6.54 Å². The summed E-state index contributed by atoms with van der Waals surface area (Å²) < 4.78 is 6.74. The topological polar surface area (TPSA) is 77.8 Å². The lowest BCUT2D eigenvalue weighted by atomic mass is 10.1. The maximum absolute atomic E-state index is 5.58. The van der Waals surface area contributed by atoms with Crippen LogP contribution in [0.3, 0.4) is 0 Å². The molecule has 0 saturated heterocycles. The van der Waals surface area contributed by atoms with Gasteiger partial charge in [-0.1, -0.05) is 36.4 Å². The minimum absolute atomic E-state index is 0.505. The van der Waals surface area contributed by atoms with Crippen molar-refractivity contribution in [2.24, 2.45) is 5.73 Å². The number of nitrogens with zero attached hydrogens (tertiary/aromatic N) is 3. The van der Waals surface area contributed by atoms with Crippen LogP contribution in [-0.4, -0.2) is 21.7 Å². The van der Waals surface area contributed by atoms with E-state index in [0.29, 0.717) is 31.2 Å². The molecule has 0 aliphatic heterocycles. The molecular weight excluding hydrogens is 320 g/mol. The van der Waals surface area contributed by atoms with Crippen molar-refractivity contribution in [3.8, 4) is 11.1 Å². The van der Waals surface area contributed by atoms with Crippen LogP contribution in [-0.2, 0) is 12.8 Å². The predicted molar refractivity (Wildman–Crippen MR) is 94.9 cm³/mol. The molecule has 0 amide bonds. The van der Waals surface area contributed by atoms with Crippen molar-refractivity contribution in [1.82, 2.24) is 15.2 Å². The maximum Gasteiger partial charge on any atom is 0.223 e. The van der Waals surface area contributed by atoms with Gasteiger partial charge in [0.05, 0.1) is 16.6 Å². The lowest BCUT2D eigenvalue weighted by Crippen LogP contribution is -2.02. The van der Waals surface area contributed by atoms with Gasteiger partial charge >= 0.3 is 0 Å². The second-order valence-corrected chi connectivity index (χ2v) is 6.58. The second-order valence-electron chi connectivity index (χ2n) is 5.46. The van der Waals surface area contributed by atoms with Crippen molar-refractivity contribution < 1.29 is 4.42 Å². The third kappa shape index (κ3) is 3.06. The molecule has 0 radical (unpaired) electrons. The quantitative estimate of drug-likeness (QED) is 0.604. The number of hydrogen-bond acceptors (Lipinski definition) is 6. The van der Waals surface area contributed by atoms with E-state index in [1.165, 1.54) is 11.1 Å². The van der Waals surface area contributed by atoms with Crippen LogP contribution >= 0.6 is 11.3 Å². The molecule has 4 rings (SSSR count). The van der Waals surface area contributed by atoms with Gasteiger partial charge in [0.25, 0.3) is 0 Å². The molecule has 2 heterocycles. The van der Waals surface area contributed by atoms with E-state index in [0.717, 1.165) is 15.2 Å². The van der Waals surface area contributed by atoms with Gasteiger partial charge in [-0.05, 0) is 23.3 Å². The molecule has 0 saturated carbocycles. The first-order valence-corrected chi connectivity index (χ1v) is 8.60. The van der Waals surface area contributed by atoms with Gasteiger partial charge in [-0.25, -0.2) is 4.98 Å². The zero-order valence-corrected chi connectivity index (χ0v) is 13.8. The number of nitrogens with two attached hydrogens (primary N) is 1. The first-order chi connectivity index (χ1) is 11.8. The number of thiazole rings is 1. The summed E-state index contributed by atoms with van der Waals surface area (Å²) in [6.07, 6.45) is 1.16. The molecule has 5 nitrogen and oxygen atoms in total. The summed E-state index contributed by atoms with van der Waals surface area (Å²) >= 11 is 1.66. The minimum atomic E-state index is 0.505. The van der Waals surface area contributed by atoms with Crippen molar-refractivity contribution in [1.29, 1.82) is 0 Å². The molecular formula is C18H16N4OS. The van der Waals surface area contributed by atoms with Gasteiger partial charge in [0.1, 0.15) is 5.01 Å². The molecule has 0 spiro atoms. The van der Waals surface area contributed by atoms with Gasteiger partial charge in [0, 0.05) is 13.0 Å². The molecule has 0 atom stereocenters. The third-order valence-electron chi connectivity index (χ3n) is 3.71. The normalized spacial score (nSPS) is 11.2. The van der Waals surface area contributed by atoms with Gasteiger partial charge < -0.3 is 10.2 Å². The summed E-state index contributed by atoms with van der Waals surface area (Å²) in [6, 6.07) is 16.7. The standard InChI is InChI=1S/C18H16N4OS/c19-9-8-16-21-22-17(23-16)11-18-20-14-7-6-13(10-15(14)24-18)12-4-2-1-3-5-12/h1-7,10H,8-9,11,19H2. The van der Waals surface area contributed by atoms with Crippen molar-refractivity contribution in [3.63, 3.8) is 0 Å². The van der Waals surface area contributed by atoms with E-state index in [1.54, 1.807) is 11.3 Å². The first-order valence-electron chi connectivity index (χ1n) is 7.78. The Morgan fingerprint density at radius 1 is 0.958 bits per heavy atom. The Balaban J connectivity index is 1.61. The van der Waals surface area contributed by atoms with Crippen LogP contribution in [0.2, 0.25) is 0 Å². The van der Waals surface area contributed by atoms with E-state index >= 15 is 0 Å². The Labute approximate surface area is 143 Å². The second kappa shape index (κ2) is 6.51. The van der Waals surface area contributed by atoms with Crippen LogP contribution in [0.1, 0.15) is 16.8 Å². The number of aromatic nitrogens is 3. The fourth-order valence-electron chi connectivity index (χ4n) is 2.57. The Morgan fingerprint density at radius 3 is 2.62 bits per heavy atom. The van der Waals surface area contributed by atoms with Crippen LogP contribution in [0.25, 0.3) is 21.3 Å². The number of hydrogen-bond donors (Lipinski definition) is 1. The van der Waals surface area contributed by atoms with Gasteiger partial charge in [-0.3, -0.25) is 0 Å². The Bertz CT molecular complexity index is 961. The maximum atomic E-state index is 5.58. The van der Waals surface area contributed by atoms with E-state index in [2.05, 4.69) is 45.5 Å². The van der Waals surface area contributed by atoms with Gasteiger partial charge in [0.2, 0.25) is 11.8 Å². The molecule has 0 aliphatic rings. The molecule has 4 aromatic rings. The lowest BCUT2D eigenvalue weighted by molar-refractivity contribution is 0.458. The zero-order valence-electron chi connectivity index (χ0n) is 13.0. The molecule has 0 bridgehead atoms. The van der Waals surface area contributed by atoms with Gasteiger partial charge in [-0.2, -0.15) is 0 Å². The smallest absolute Gasteiger partial charge is 0.223 e. The molecule has 120 valence electrons. The minimum Gasteiger partial charge on any atom is -0.425 e. The largest absolute Gasteiger partial charge is 0.425 e. The third-order valence-corrected chi connectivity index (χ3v) is 4.73. The summed E-state index contributed by atoms with van der Waals surface area (Å²) in [6.45, 7) is 0.505. The highest BCUT2D eigenvalue weighted by atomic mass is 32.1. The Kier molecular flexibility index (Phi) is 4.06. The van der Waals surface area contributed by atoms with Gasteiger partial charge in [-0.15, -0.1) is 21.5 Å². The molecule has 0 unspecified atom stereocenters. The molecule has 24 heavy (non-hydrogen) atoms. The first kappa shape index (κ1) is 15.0. The van der Waals surface area contributed by atoms with E-state index in [-0.39, 0.29) is 0 Å². The van der Waals surface area contributed by atoms with Crippen molar-refractivity contribution in [3.05, 3.63) is 65.3 Å². The predicted octanol–water partition coefficient (Wildman–Crippen LogP) is 3.44. The Hall–Kier alpha value is -2.57. The average molecular weight is 336 g/mol. The van der Waals surface area contributed by atoms with Crippen LogP contribution in [0, 0.1) is 0 Å². The molecule has 0 aliphatic carbocycles. The summed E-state index contributed by atoms with van der Waals surface area (Å²) in [4.78, 5) is 4.66. The molecule has 0 fully saturated rings. The van der Waals surface area contributed by atoms with E-state index in [9.17, 15) is 0 Å².